The number of rotatable bonds is 5. The van der Waals surface area contributed by atoms with E-state index in [2.05, 4.69) is 47.1 Å². The molecule has 0 saturated carbocycles. The van der Waals surface area contributed by atoms with Gasteiger partial charge in [0.05, 0.1) is 22.9 Å². The third kappa shape index (κ3) is 3.95. The van der Waals surface area contributed by atoms with E-state index in [0.717, 1.165) is 34.8 Å². The molecule has 0 saturated heterocycles. The molecular formula is C12H21BrN4S. The van der Waals surface area contributed by atoms with Gasteiger partial charge < -0.3 is 10.2 Å². The first-order valence-electron chi connectivity index (χ1n) is 6.21. The Hall–Kier alpha value is -0.620. The molecule has 0 aromatic carbocycles. The SMILES string of the molecule is CCC(C)NC(=S)N(C)Cc1c(Br)cnn1CC. The van der Waals surface area contributed by atoms with Crippen molar-refractivity contribution >= 4 is 33.3 Å². The van der Waals surface area contributed by atoms with Gasteiger partial charge >= 0.3 is 0 Å². The molecule has 0 spiro atoms. The van der Waals surface area contributed by atoms with Crippen molar-refractivity contribution in [1.82, 2.24) is 20.0 Å². The molecule has 102 valence electrons. The Kier molecular flexibility index (Phi) is 6.08. The molecule has 1 heterocycles. The Labute approximate surface area is 123 Å². The zero-order valence-electron chi connectivity index (χ0n) is 11.4. The smallest absolute Gasteiger partial charge is 0.169 e. The van der Waals surface area contributed by atoms with Gasteiger partial charge in [0, 0.05) is 19.6 Å². The second-order valence-electron chi connectivity index (χ2n) is 4.37. The van der Waals surface area contributed by atoms with Crippen LogP contribution in [-0.4, -0.2) is 32.9 Å². The van der Waals surface area contributed by atoms with Gasteiger partial charge in [0.1, 0.15) is 0 Å². The van der Waals surface area contributed by atoms with Gasteiger partial charge in [-0.25, -0.2) is 0 Å². The van der Waals surface area contributed by atoms with Crippen LogP contribution in [0.25, 0.3) is 0 Å². The molecule has 1 aromatic heterocycles. The van der Waals surface area contributed by atoms with Crippen LogP contribution in [-0.2, 0) is 13.1 Å². The maximum Gasteiger partial charge on any atom is 0.169 e. The van der Waals surface area contributed by atoms with Crippen molar-refractivity contribution in [2.75, 3.05) is 7.05 Å². The lowest BCUT2D eigenvalue weighted by Crippen LogP contribution is -2.41. The summed E-state index contributed by atoms with van der Waals surface area (Å²) in [5.74, 6) is 0. The van der Waals surface area contributed by atoms with E-state index >= 15 is 0 Å². The number of nitrogens with zero attached hydrogens (tertiary/aromatic N) is 3. The molecule has 1 unspecified atom stereocenters. The summed E-state index contributed by atoms with van der Waals surface area (Å²) < 4.78 is 3.01. The molecule has 1 atom stereocenters. The van der Waals surface area contributed by atoms with Crippen LogP contribution in [0.2, 0.25) is 0 Å². The lowest BCUT2D eigenvalue weighted by Gasteiger charge is -2.24. The molecule has 1 rings (SSSR count). The van der Waals surface area contributed by atoms with E-state index < -0.39 is 0 Å². The minimum absolute atomic E-state index is 0.402. The summed E-state index contributed by atoms with van der Waals surface area (Å²) in [7, 11) is 2.00. The molecule has 1 N–H and O–H groups in total. The Morgan fingerprint density at radius 2 is 2.28 bits per heavy atom. The van der Waals surface area contributed by atoms with Gasteiger partial charge in [-0.3, -0.25) is 4.68 Å². The monoisotopic (exact) mass is 332 g/mol. The third-order valence-electron chi connectivity index (χ3n) is 2.91. The lowest BCUT2D eigenvalue weighted by atomic mass is 10.3. The summed E-state index contributed by atoms with van der Waals surface area (Å²) in [6, 6.07) is 0.402. The lowest BCUT2D eigenvalue weighted by molar-refractivity contribution is 0.446. The molecule has 0 fully saturated rings. The Morgan fingerprint density at radius 3 is 2.83 bits per heavy atom. The zero-order chi connectivity index (χ0) is 13.7. The molecule has 0 radical (unpaired) electrons. The first-order valence-corrected chi connectivity index (χ1v) is 7.41. The van der Waals surface area contributed by atoms with Crippen molar-refractivity contribution in [3.05, 3.63) is 16.4 Å². The van der Waals surface area contributed by atoms with Crippen LogP contribution in [0.5, 0.6) is 0 Å². The van der Waals surface area contributed by atoms with Crippen LogP contribution in [0.3, 0.4) is 0 Å². The number of thiocarbonyl (C=S) groups is 1. The molecule has 0 amide bonds. The standard InChI is InChI=1S/C12H21BrN4S/c1-5-9(3)15-12(18)16(4)8-11-10(13)7-14-17(11)6-2/h7,9H,5-6,8H2,1-4H3,(H,15,18). The van der Waals surface area contributed by atoms with E-state index in [1.807, 2.05) is 22.8 Å². The predicted octanol–water partition coefficient (Wildman–Crippen LogP) is 2.77. The maximum atomic E-state index is 5.38. The molecule has 0 aliphatic rings. The fourth-order valence-corrected chi connectivity index (χ4v) is 2.22. The minimum Gasteiger partial charge on any atom is -0.360 e. The predicted molar refractivity (Wildman–Crippen MR) is 82.6 cm³/mol. The normalized spacial score (nSPS) is 12.3. The van der Waals surface area contributed by atoms with E-state index in [1.165, 1.54) is 0 Å². The van der Waals surface area contributed by atoms with Crippen LogP contribution < -0.4 is 5.32 Å². The van der Waals surface area contributed by atoms with E-state index in [9.17, 15) is 0 Å². The third-order valence-corrected chi connectivity index (χ3v) is 4.01. The highest BCUT2D eigenvalue weighted by molar-refractivity contribution is 9.10. The number of hydrogen-bond acceptors (Lipinski definition) is 2. The van der Waals surface area contributed by atoms with Crippen molar-refractivity contribution in [3.63, 3.8) is 0 Å². The number of nitrogens with one attached hydrogen (secondary N) is 1. The average molecular weight is 333 g/mol. The summed E-state index contributed by atoms with van der Waals surface area (Å²) in [5, 5.41) is 8.39. The number of aryl methyl sites for hydroxylation is 1. The van der Waals surface area contributed by atoms with Crippen molar-refractivity contribution in [1.29, 1.82) is 0 Å². The highest BCUT2D eigenvalue weighted by Gasteiger charge is 2.13. The fourth-order valence-electron chi connectivity index (χ4n) is 1.54. The summed E-state index contributed by atoms with van der Waals surface area (Å²) >= 11 is 8.91. The summed E-state index contributed by atoms with van der Waals surface area (Å²) in [6.07, 6.45) is 2.89. The van der Waals surface area contributed by atoms with Gasteiger partial charge in [0.25, 0.3) is 0 Å². The Balaban J connectivity index is 2.66. The van der Waals surface area contributed by atoms with E-state index in [1.54, 1.807) is 0 Å². The molecule has 0 aliphatic carbocycles. The van der Waals surface area contributed by atoms with Gasteiger partial charge in [0.2, 0.25) is 0 Å². The quantitative estimate of drug-likeness (QED) is 0.840. The maximum absolute atomic E-state index is 5.38. The highest BCUT2D eigenvalue weighted by Crippen LogP contribution is 2.17. The number of halogens is 1. The van der Waals surface area contributed by atoms with Gasteiger partial charge in [-0.2, -0.15) is 5.10 Å². The molecule has 4 nitrogen and oxygen atoms in total. The summed E-state index contributed by atoms with van der Waals surface area (Å²) in [4.78, 5) is 2.04. The Morgan fingerprint density at radius 1 is 1.61 bits per heavy atom. The van der Waals surface area contributed by atoms with E-state index in [-0.39, 0.29) is 0 Å². The zero-order valence-corrected chi connectivity index (χ0v) is 13.8. The van der Waals surface area contributed by atoms with Gasteiger partial charge in [-0.05, 0) is 48.4 Å². The first-order chi connectivity index (χ1) is 8.49. The topological polar surface area (TPSA) is 33.1 Å². The second-order valence-corrected chi connectivity index (χ2v) is 5.61. The molecule has 0 bridgehead atoms. The van der Waals surface area contributed by atoms with Crippen LogP contribution in [0.15, 0.2) is 10.7 Å². The van der Waals surface area contributed by atoms with Crippen molar-refractivity contribution in [3.8, 4) is 0 Å². The van der Waals surface area contributed by atoms with Crippen LogP contribution in [0.1, 0.15) is 32.9 Å². The van der Waals surface area contributed by atoms with Crippen LogP contribution in [0.4, 0.5) is 0 Å². The minimum atomic E-state index is 0.402. The first kappa shape index (κ1) is 15.4. The molecule has 18 heavy (non-hydrogen) atoms. The van der Waals surface area contributed by atoms with E-state index in [4.69, 9.17) is 12.2 Å². The Bertz CT molecular complexity index is 405. The number of aromatic nitrogens is 2. The second kappa shape index (κ2) is 7.09. The van der Waals surface area contributed by atoms with Gasteiger partial charge in [-0.15, -0.1) is 0 Å². The molecule has 1 aromatic rings. The summed E-state index contributed by atoms with van der Waals surface area (Å²) in [6.45, 7) is 7.96. The molecule has 0 aliphatic heterocycles. The number of hydrogen-bond donors (Lipinski definition) is 1. The summed E-state index contributed by atoms with van der Waals surface area (Å²) in [5.41, 5.74) is 1.15. The molecule has 6 heteroatoms. The highest BCUT2D eigenvalue weighted by atomic mass is 79.9. The van der Waals surface area contributed by atoms with Gasteiger partial charge in [0.15, 0.2) is 5.11 Å². The largest absolute Gasteiger partial charge is 0.360 e. The van der Waals surface area contributed by atoms with Crippen molar-refractivity contribution in [2.24, 2.45) is 0 Å². The van der Waals surface area contributed by atoms with Crippen LogP contribution >= 0.6 is 28.1 Å². The van der Waals surface area contributed by atoms with Crippen molar-refractivity contribution < 1.29 is 0 Å². The van der Waals surface area contributed by atoms with Crippen molar-refractivity contribution in [2.45, 2.75) is 46.3 Å². The van der Waals surface area contributed by atoms with E-state index in [0.29, 0.717) is 6.04 Å². The fraction of sp³-hybridized carbons (Fsp3) is 0.667. The van der Waals surface area contributed by atoms with Gasteiger partial charge in [-0.1, -0.05) is 6.92 Å². The van der Waals surface area contributed by atoms with Crippen LogP contribution in [0, 0.1) is 0 Å². The molecular weight excluding hydrogens is 312 g/mol. The average Bonchev–Trinajstić information content (AvgIpc) is 2.70.